The van der Waals surface area contributed by atoms with Crippen LogP contribution in [0.1, 0.15) is 18.5 Å². The lowest BCUT2D eigenvalue weighted by molar-refractivity contribution is -0.00941. The molecule has 15 heavy (non-hydrogen) atoms. The fraction of sp³-hybridized carbons (Fsp3) is 0.455. The van der Waals surface area contributed by atoms with E-state index in [1.165, 1.54) is 6.07 Å². The first-order valence-electron chi connectivity index (χ1n) is 4.95. The van der Waals surface area contributed by atoms with Gasteiger partial charge < -0.3 is 10.1 Å². The van der Waals surface area contributed by atoms with Gasteiger partial charge in [-0.25, -0.2) is 8.78 Å². The van der Waals surface area contributed by atoms with Crippen LogP contribution >= 0.6 is 0 Å². The molecule has 0 saturated carbocycles. The Morgan fingerprint density at radius 3 is 2.73 bits per heavy atom. The van der Waals surface area contributed by atoms with Crippen LogP contribution in [0.2, 0.25) is 0 Å². The summed E-state index contributed by atoms with van der Waals surface area (Å²) in [4.78, 5) is 0. The molecule has 2 nitrogen and oxygen atoms in total. The number of halogens is 2. The number of rotatable bonds is 3. The van der Waals surface area contributed by atoms with Gasteiger partial charge in [-0.3, -0.25) is 0 Å². The minimum Gasteiger partial charge on any atom is -0.378 e. The van der Waals surface area contributed by atoms with Gasteiger partial charge in [0.2, 0.25) is 0 Å². The highest BCUT2D eigenvalue weighted by Gasteiger charge is 2.22. The third-order valence-electron chi connectivity index (χ3n) is 2.55. The highest BCUT2D eigenvalue weighted by Crippen LogP contribution is 2.19. The van der Waals surface area contributed by atoms with Gasteiger partial charge in [0.1, 0.15) is 11.6 Å². The largest absolute Gasteiger partial charge is 0.378 e. The van der Waals surface area contributed by atoms with Crippen LogP contribution < -0.4 is 5.32 Å². The summed E-state index contributed by atoms with van der Waals surface area (Å²) >= 11 is 0. The molecular formula is C11H13F2NO. The second-order valence-corrected chi connectivity index (χ2v) is 3.79. The summed E-state index contributed by atoms with van der Waals surface area (Å²) in [5, 5.41) is 3.17. The van der Waals surface area contributed by atoms with Crippen molar-refractivity contribution in [3.05, 3.63) is 35.4 Å². The van der Waals surface area contributed by atoms with Crippen LogP contribution in [0, 0.1) is 11.6 Å². The number of hydrogen-bond donors (Lipinski definition) is 1. The number of benzene rings is 1. The third kappa shape index (κ3) is 2.33. The molecule has 2 rings (SSSR count). The molecule has 1 aromatic carbocycles. The zero-order valence-electron chi connectivity index (χ0n) is 8.47. The van der Waals surface area contributed by atoms with E-state index in [0.717, 1.165) is 12.1 Å². The van der Waals surface area contributed by atoms with Crippen LogP contribution in [0.3, 0.4) is 0 Å². The average Bonchev–Trinajstić information content (AvgIpc) is 2.15. The monoisotopic (exact) mass is 213 g/mol. The van der Waals surface area contributed by atoms with Crippen molar-refractivity contribution in [3.8, 4) is 0 Å². The Kier molecular flexibility index (Phi) is 2.98. The van der Waals surface area contributed by atoms with E-state index in [0.29, 0.717) is 18.8 Å². The SMILES string of the molecule is CC(NC1COC1)c1cc(F)ccc1F. The maximum Gasteiger partial charge on any atom is 0.128 e. The summed E-state index contributed by atoms with van der Waals surface area (Å²) in [6.45, 7) is 3.10. The quantitative estimate of drug-likeness (QED) is 0.829. The first kappa shape index (κ1) is 10.5. The molecule has 0 aliphatic carbocycles. The van der Waals surface area contributed by atoms with Gasteiger partial charge in [0, 0.05) is 11.6 Å². The molecule has 0 spiro atoms. The zero-order chi connectivity index (χ0) is 10.8. The second-order valence-electron chi connectivity index (χ2n) is 3.79. The topological polar surface area (TPSA) is 21.3 Å². The molecule has 0 bridgehead atoms. The summed E-state index contributed by atoms with van der Waals surface area (Å²) in [5.74, 6) is -0.790. The lowest BCUT2D eigenvalue weighted by atomic mass is 10.1. The average molecular weight is 213 g/mol. The maximum atomic E-state index is 13.4. The Labute approximate surface area is 87.2 Å². The minimum atomic E-state index is -0.412. The Morgan fingerprint density at radius 1 is 1.40 bits per heavy atom. The van der Waals surface area contributed by atoms with Crippen molar-refractivity contribution in [2.24, 2.45) is 0 Å². The molecule has 1 N–H and O–H groups in total. The molecule has 0 amide bonds. The van der Waals surface area contributed by atoms with E-state index in [4.69, 9.17) is 4.74 Å². The van der Waals surface area contributed by atoms with Gasteiger partial charge in [0.25, 0.3) is 0 Å². The van der Waals surface area contributed by atoms with Crippen molar-refractivity contribution in [2.45, 2.75) is 19.0 Å². The predicted molar refractivity (Wildman–Crippen MR) is 52.5 cm³/mol. The second kappa shape index (κ2) is 4.24. The van der Waals surface area contributed by atoms with Gasteiger partial charge in [-0.2, -0.15) is 0 Å². The summed E-state index contributed by atoms with van der Waals surface area (Å²) in [6.07, 6.45) is 0. The van der Waals surface area contributed by atoms with Crippen LogP contribution in [0.5, 0.6) is 0 Å². The van der Waals surface area contributed by atoms with E-state index in [9.17, 15) is 8.78 Å². The number of hydrogen-bond acceptors (Lipinski definition) is 2. The normalized spacial score (nSPS) is 18.6. The first-order valence-corrected chi connectivity index (χ1v) is 4.95. The molecule has 82 valence electrons. The van der Waals surface area contributed by atoms with Crippen molar-refractivity contribution in [3.63, 3.8) is 0 Å². The first-order chi connectivity index (χ1) is 7.16. The van der Waals surface area contributed by atoms with E-state index in [-0.39, 0.29) is 17.9 Å². The third-order valence-corrected chi connectivity index (χ3v) is 2.55. The van der Waals surface area contributed by atoms with Crippen LogP contribution in [0.25, 0.3) is 0 Å². The molecule has 1 unspecified atom stereocenters. The number of nitrogens with one attached hydrogen (secondary N) is 1. The molecule has 1 heterocycles. The fourth-order valence-corrected chi connectivity index (χ4v) is 1.62. The standard InChI is InChI=1S/C11H13F2NO/c1-7(14-9-5-15-6-9)10-4-8(12)2-3-11(10)13/h2-4,7,9,14H,5-6H2,1H3. The summed E-state index contributed by atoms with van der Waals surface area (Å²) in [6, 6.07) is 3.56. The molecule has 1 fully saturated rings. The Hall–Kier alpha value is -1.00. The smallest absolute Gasteiger partial charge is 0.128 e. The van der Waals surface area contributed by atoms with Gasteiger partial charge >= 0.3 is 0 Å². The van der Waals surface area contributed by atoms with Gasteiger partial charge in [0.05, 0.1) is 19.3 Å². The predicted octanol–water partition coefficient (Wildman–Crippen LogP) is 2.01. The van der Waals surface area contributed by atoms with Crippen molar-refractivity contribution >= 4 is 0 Å². The number of ether oxygens (including phenoxy) is 1. The van der Waals surface area contributed by atoms with E-state index in [1.54, 1.807) is 0 Å². The summed E-state index contributed by atoms with van der Waals surface area (Å²) < 4.78 is 31.3. The van der Waals surface area contributed by atoms with Crippen LogP contribution in [-0.2, 0) is 4.74 Å². The van der Waals surface area contributed by atoms with Gasteiger partial charge in [0.15, 0.2) is 0 Å². The summed E-state index contributed by atoms with van der Waals surface area (Å²) in [7, 11) is 0. The molecule has 0 aromatic heterocycles. The Bertz CT molecular complexity index is 352. The molecule has 1 aliphatic heterocycles. The molecule has 1 aromatic rings. The van der Waals surface area contributed by atoms with Gasteiger partial charge in [-0.05, 0) is 25.1 Å². The van der Waals surface area contributed by atoms with Crippen molar-refractivity contribution < 1.29 is 13.5 Å². The van der Waals surface area contributed by atoms with Gasteiger partial charge in [-0.15, -0.1) is 0 Å². The highest BCUT2D eigenvalue weighted by molar-refractivity contribution is 5.22. The molecule has 1 aliphatic rings. The fourth-order valence-electron chi connectivity index (χ4n) is 1.62. The van der Waals surface area contributed by atoms with Crippen LogP contribution in [-0.4, -0.2) is 19.3 Å². The van der Waals surface area contributed by atoms with Crippen molar-refractivity contribution in [1.29, 1.82) is 0 Å². The van der Waals surface area contributed by atoms with E-state index < -0.39 is 5.82 Å². The van der Waals surface area contributed by atoms with E-state index >= 15 is 0 Å². The van der Waals surface area contributed by atoms with Crippen LogP contribution in [0.4, 0.5) is 8.78 Å². The lowest BCUT2D eigenvalue weighted by Gasteiger charge is -2.30. The minimum absolute atomic E-state index is 0.199. The summed E-state index contributed by atoms with van der Waals surface area (Å²) in [5.41, 5.74) is 0.363. The maximum absolute atomic E-state index is 13.4. The van der Waals surface area contributed by atoms with Crippen molar-refractivity contribution in [2.75, 3.05) is 13.2 Å². The molecule has 1 atom stereocenters. The molecule has 1 saturated heterocycles. The molecule has 0 radical (unpaired) electrons. The molecule has 4 heteroatoms. The zero-order valence-corrected chi connectivity index (χ0v) is 8.47. The van der Waals surface area contributed by atoms with E-state index in [2.05, 4.69) is 5.32 Å². The highest BCUT2D eigenvalue weighted by atomic mass is 19.1. The molecular weight excluding hydrogens is 200 g/mol. The van der Waals surface area contributed by atoms with Gasteiger partial charge in [-0.1, -0.05) is 0 Å². The van der Waals surface area contributed by atoms with Crippen LogP contribution in [0.15, 0.2) is 18.2 Å². The Morgan fingerprint density at radius 2 is 2.13 bits per heavy atom. The lowest BCUT2D eigenvalue weighted by Crippen LogP contribution is -2.46. The van der Waals surface area contributed by atoms with E-state index in [1.807, 2.05) is 6.92 Å². The van der Waals surface area contributed by atoms with Crippen molar-refractivity contribution in [1.82, 2.24) is 5.32 Å². The Balaban J connectivity index is 2.09.